The van der Waals surface area contributed by atoms with Gasteiger partial charge in [-0.3, -0.25) is 4.79 Å². The molecule has 0 radical (unpaired) electrons. The third kappa shape index (κ3) is 1.80. The molecular weight excluding hydrogens is 170 g/mol. The summed E-state index contributed by atoms with van der Waals surface area (Å²) < 4.78 is 0. The number of nitrogens with one attached hydrogen (secondary N) is 1. The molecule has 1 aromatic rings. The summed E-state index contributed by atoms with van der Waals surface area (Å²) in [4.78, 5) is 11.8. The minimum absolute atomic E-state index is 0.0693. The van der Waals surface area contributed by atoms with E-state index in [-0.39, 0.29) is 5.78 Å². The van der Waals surface area contributed by atoms with Crippen LogP contribution < -0.4 is 5.32 Å². The third-order valence-electron chi connectivity index (χ3n) is 1.67. The Kier molecular flexibility index (Phi) is 2.76. The molecular formula is C9H11NOS. The molecule has 1 N–H and O–H groups in total. The molecule has 0 heterocycles. The van der Waals surface area contributed by atoms with Crippen molar-refractivity contribution in [1.82, 2.24) is 0 Å². The van der Waals surface area contributed by atoms with Crippen molar-refractivity contribution in [2.24, 2.45) is 0 Å². The summed E-state index contributed by atoms with van der Waals surface area (Å²) in [5.74, 6) is 0.0693. The van der Waals surface area contributed by atoms with Gasteiger partial charge in [0.25, 0.3) is 0 Å². The maximum absolute atomic E-state index is 11.0. The van der Waals surface area contributed by atoms with E-state index >= 15 is 0 Å². The van der Waals surface area contributed by atoms with E-state index in [2.05, 4.69) is 17.9 Å². The molecule has 3 heteroatoms. The van der Waals surface area contributed by atoms with Gasteiger partial charge < -0.3 is 5.32 Å². The van der Waals surface area contributed by atoms with Crippen molar-refractivity contribution in [3.05, 3.63) is 23.8 Å². The van der Waals surface area contributed by atoms with Crippen LogP contribution in [0, 0.1) is 0 Å². The molecule has 0 amide bonds. The molecule has 0 aliphatic carbocycles. The van der Waals surface area contributed by atoms with Crippen LogP contribution in [-0.4, -0.2) is 12.8 Å². The van der Waals surface area contributed by atoms with Gasteiger partial charge in [0.05, 0.1) is 0 Å². The molecule has 0 aromatic heterocycles. The van der Waals surface area contributed by atoms with Crippen molar-refractivity contribution >= 4 is 24.1 Å². The van der Waals surface area contributed by atoms with Gasteiger partial charge in [-0.15, -0.1) is 12.6 Å². The number of ketones is 1. The van der Waals surface area contributed by atoms with Gasteiger partial charge in [0.15, 0.2) is 5.78 Å². The van der Waals surface area contributed by atoms with Crippen LogP contribution in [0.1, 0.15) is 17.3 Å². The summed E-state index contributed by atoms with van der Waals surface area (Å²) in [6, 6.07) is 5.38. The smallest absolute Gasteiger partial charge is 0.159 e. The van der Waals surface area contributed by atoms with Gasteiger partial charge in [-0.2, -0.15) is 0 Å². The highest BCUT2D eigenvalue weighted by Gasteiger charge is 2.01. The number of carbonyl (C=O) groups excluding carboxylic acids is 1. The Balaban J connectivity index is 3.13. The molecule has 0 saturated carbocycles. The summed E-state index contributed by atoms with van der Waals surface area (Å²) in [6.45, 7) is 1.55. The third-order valence-corrected chi connectivity index (χ3v) is 2.06. The predicted octanol–water partition coefficient (Wildman–Crippen LogP) is 2.22. The van der Waals surface area contributed by atoms with E-state index in [9.17, 15) is 4.79 Å². The number of hydrogen-bond donors (Lipinski definition) is 2. The fourth-order valence-corrected chi connectivity index (χ4v) is 1.21. The molecule has 0 unspecified atom stereocenters. The number of carbonyl (C=O) groups is 1. The number of anilines is 1. The summed E-state index contributed by atoms with van der Waals surface area (Å²) >= 11 is 4.22. The van der Waals surface area contributed by atoms with E-state index < -0.39 is 0 Å². The topological polar surface area (TPSA) is 29.1 Å². The normalized spacial score (nSPS) is 9.58. The van der Waals surface area contributed by atoms with Crippen molar-refractivity contribution in [1.29, 1.82) is 0 Å². The van der Waals surface area contributed by atoms with Crippen molar-refractivity contribution in [2.45, 2.75) is 11.8 Å². The quantitative estimate of drug-likeness (QED) is 0.541. The average Bonchev–Trinajstić information content (AvgIpc) is 2.05. The van der Waals surface area contributed by atoms with Gasteiger partial charge in [-0.05, 0) is 19.1 Å². The number of rotatable bonds is 2. The molecule has 0 atom stereocenters. The lowest BCUT2D eigenvalue weighted by Gasteiger charge is -2.04. The first-order valence-electron chi connectivity index (χ1n) is 3.67. The SMILES string of the molecule is CNc1cc(C(C)=O)ccc1S. The lowest BCUT2D eigenvalue weighted by atomic mass is 10.1. The van der Waals surface area contributed by atoms with Crippen LogP contribution in [-0.2, 0) is 0 Å². The molecule has 2 nitrogen and oxygen atoms in total. The van der Waals surface area contributed by atoms with E-state index in [0.717, 1.165) is 10.6 Å². The fourth-order valence-electron chi connectivity index (χ4n) is 0.955. The highest BCUT2D eigenvalue weighted by atomic mass is 32.1. The Bertz CT molecular complexity index is 309. The van der Waals surface area contributed by atoms with Crippen LogP contribution in [0.15, 0.2) is 23.1 Å². The maximum atomic E-state index is 11.0. The zero-order valence-corrected chi connectivity index (χ0v) is 7.98. The second-order valence-corrected chi connectivity index (χ2v) is 3.02. The van der Waals surface area contributed by atoms with Crippen molar-refractivity contribution in [3.63, 3.8) is 0 Å². The largest absolute Gasteiger partial charge is 0.387 e. The molecule has 0 bridgehead atoms. The van der Waals surface area contributed by atoms with E-state index in [0.29, 0.717) is 5.56 Å². The Morgan fingerprint density at radius 1 is 1.50 bits per heavy atom. The summed E-state index contributed by atoms with van der Waals surface area (Å²) in [7, 11) is 1.80. The van der Waals surface area contributed by atoms with Crippen LogP contribution >= 0.6 is 12.6 Å². The Hall–Kier alpha value is -0.960. The summed E-state index contributed by atoms with van der Waals surface area (Å²) in [5.41, 5.74) is 1.59. The van der Waals surface area contributed by atoms with Gasteiger partial charge >= 0.3 is 0 Å². The number of thiol groups is 1. The average molecular weight is 181 g/mol. The van der Waals surface area contributed by atoms with Crippen LogP contribution in [0.3, 0.4) is 0 Å². The van der Waals surface area contributed by atoms with Gasteiger partial charge in [0.1, 0.15) is 0 Å². The van der Waals surface area contributed by atoms with Crippen LogP contribution in [0.4, 0.5) is 5.69 Å². The van der Waals surface area contributed by atoms with E-state index in [1.165, 1.54) is 0 Å². The van der Waals surface area contributed by atoms with Gasteiger partial charge in [0, 0.05) is 23.2 Å². The van der Waals surface area contributed by atoms with Crippen LogP contribution in [0.5, 0.6) is 0 Å². The number of benzene rings is 1. The fraction of sp³-hybridized carbons (Fsp3) is 0.222. The standard InChI is InChI=1S/C9H11NOS/c1-6(11)7-3-4-9(12)8(5-7)10-2/h3-5,10,12H,1-2H3. The van der Waals surface area contributed by atoms with E-state index in [1.807, 2.05) is 6.07 Å². The van der Waals surface area contributed by atoms with Crippen molar-refractivity contribution in [3.8, 4) is 0 Å². The Morgan fingerprint density at radius 3 is 2.67 bits per heavy atom. The number of hydrogen-bond acceptors (Lipinski definition) is 3. The molecule has 64 valence electrons. The van der Waals surface area contributed by atoms with Crippen LogP contribution in [0.25, 0.3) is 0 Å². The monoisotopic (exact) mass is 181 g/mol. The van der Waals surface area contributed by atoms with Crippen LogP contribution in [0.2, 0.25) is 0 Å². The molecule has 1 rings (SSSR count). The first-order valence-corrected chi connectivity index (χ1v) is 4.11. The van der Waals surface area contributed by atoms with Gasteiger partial charge in [0.2, 0.25) is 0 Å². The molecule has 0 aliphatic heterocycles. The Morgan fingerprint density at radius 2 is 2.17 bits per heavy atom. The minimum atomic E-state index is 0.0693. The predicted molar refractivity (Wildman–Crippen MR) is 53.2 cm³/mol. The Labute approximate surface area is 77.4 Å². The molecule has 0 aliphatic rings. The van der Waals surface area contributed by atoms with Crippen molar-refractivity contribution in [2.75, 3.05) is 12.4 Å². The molecule has 1 aromatic carbocycles. The summed E-state index contributed by atoms with van der Waals surface area (Å²) in [5, 5.41) is 2.96. The minimum Gasteiger partial charge on any atom is -0.387 e. The summed E-state index contributed by atoms with van der Waals surface area (Å²) in [6.07, 6.45) is 0. The zero-order valence-electron chi connectivity index (χ0n) is 7.09. The molecule has 0 saturated heterocycles. The number of Topliss-reactive ketones (excluding diaryl/α,β-unsaturated/α-hetero) is 1. The van der Waals surface area contributed by atoms with Gasteiger partial charge in [-0.25, -0.2) is 0 Å². The zero-order chi connectivity index (χ0) is 9.14. The first-order chi connectivity index (χ1) is 5.65. The van der Waals surface area contributed by atoms with E-state index in [1.54, 1.807) is 26.1 Å². The highest BCUT2D eigenvalue weighted by molar-refractivity contribution is 7.80. The van der Waals surface area contributed by atoms with E-state index in [4.69, 9.17) is 0 Å². The maximum Gasteiger partial charge on any atom is 0.159 e. The first kappa shape index (κ1) is 9.13. The van der Waals surface area contributed by atoms with Gasteiger partial charge in [-0.1, -0.05) is 6.07 Å². The molecule has 0 fully saturated rings. The molecule has 0 spiro atoms. The second-order valence-electron chi connectivity index (χ2n) is 2.54. The molecule has 12 heavy (non-hydrogen) atoms. The lowest BCUT2D eigenvalue weighted by Crippen LogP contribution is -1.95. The van der Waals surface area contributed by atoms with Crippen molar-refractivity contribution < 1.29 is 4.79 Å². The lowest BCUT2D eigenvalue weighted by molar-refractivity contribution is 0.101. The highest BCUT2D eigenvalue weighted by Crippen LogP contribution is 2.20. The second kappa shape index (κ2) is 3.63.